The molecule has 5 heteroatoms. The van der Waals surface area contributed by atoms with Crippen LogP contribution < -0.4 is 0 Å². The van der Waals surface area contributed by atoms with Gasteiger partial charge in [-0.05, 0) is 11.6 Å². The second kappa shape index (κ2) is 3.36. The molecule has 15 heavy (non-hydrogen) atoms. The Balaban J connectivity index is 2.53. The van der Waals surface area contributed by atoms with E-state index >= 15 is 0 Å². The number of nitrogens with one attached hydrogen (secondary N) is 1. The molecular formula is C10H9NO3S. The summed E-state index contributed by atoms with van der Waals surface area (Å²) in [7, 11) is 0. The second-order valence-electron chi connectivity index (χ2n) is 3.29. The Labute approximate surface area is 90.4 Å². The minimum Gasteiger partial charge on any atom is -0.480 e. The number of carboxylic acid groups (broad SMARTS) is 1. The van der Waals surface area contributed by atoms with E-state index in [-0.39, 0.29) is 0 Å². The molecule has 0 spiro atoms. The predicted octanol–water partition coefficient (Wildman–Crippen LogP) is 1.30. The highest BCUT2D eigenvalue weighted by atomic mass is 32.2. The van der Waals surface area contributed by atoms with E-state index in [1.807, 2.05) is 0 Å². The minimum atomic E-state index is -1.57. The van der Waals surface area contributed by atoms with Gasteiger partial charge in [0.25, 0.3) is 0 Å². The molecule has 1 aliphatic rings. The molecule has 1 aromatic rings. The summed E-state index contributed by atoms with van der Waals surface area (Å²) < 4.78 is -1.57. The van der Waals surface area contributed by atoms with E-state index in [1.54, 1.807) is 24.3 Å². The van der Waals surface area contributed by atoms with Crippen LogP contribution in [0.5, 0.6) is 0 Å². The van der Waals surface area contributed by atoms with Crippen molar-refractivity contribution in [3.05, 3.63) is 29.8 Å². The maximum atomic E-state index is 11.1. The maximum Gasteiger partial charge on any atom is 0.328 e. The summed E-state index contributed by atoms with van der Waals surface area (Å²) in [5.41, 5.74) is 0.577. The van der Waals surface area contributed by atoms with E-state index in [4.69, 9.17) is 10.5 Å². The van der Waals surface area contributed by atoms with Gasteiger partial charge >= 0.3 is 5.97 Å². The zero-order valence-corrected chi connectivity index (χ0v) is 8.49. The van der Waals surface area contributed by atoms with Gasteiger partial charge in [0.15, 0.2) is 4.75 Å². The predicted molar refractivity (Wildman–Crippen MR) is 56.4 cm³/mol. The standard InChI is InChI=1S/C10H9NO3S/c11-5-10(9(13)14)8(12)6-3-1-2-4-7(6)15-10/h1-5,8,11-12H,(H,13,14). The Morgan fingerprint density at radius 3 is 2.73 bits per heavy atom. The molecule has 2 atom stereocenters. The Kier molecular flexibility index (Phi) is 2.28. The van der Waals surface area contributed by atoms with Crippen molar-refractivity contribution in [3.63, 3.8) is 0 Å². The third-order valence-electron chi connectivity index (χ3n) is 2.45. The van der Waals surface area contributed by atoms with Gasteiger partial charge in [-0.2, -0.15) is 0 Å². The number of aliphatic hydroxyl groups excluding tert-OH is 1. The van der Waals surface area contributed by atoms with E-state index < -0.39 is 16.8 Å². The van der Waals surface area contributed by atoms with Crippen LogP contribution in [0.2, 0.25) is 0 Å². The van der Waals surface area contributed by atoms with E-state index in [2.05, 4.69) is 0 Å². The van der Waals surface area contributed by atoms with Crippen LogP contribution in [0.4, 0.5) is 0 Å². The van der Waals surface area contributed by atoms with Gasteiger partial charge in [0.2, 0.25) is 0 Å². The van der Waals surface area contributed by atoms with Crippen molar-refractivity contribution < 1.29 is 15.0 Å². The average Bonchev–Trinajstić information content (AvgIpc) is 2.53. The number of aliphatic carboxylic acids is 1. The van der Waals surface area contributed by atoms with Crippen LogP contribution in [-0.2, 0) is 4.79 Å². The fourth-order valence-corrected chi connectivity index (χ4v) is 2.79. The highest BCUT2D eigenvalue weighted by Gasteiger charge is 2.51. The first-order chi connectivity index (χ1) is 7.12. The molecule has 1 aliphatic heterocycles. The smallest absolute Gasteiger partial charge is 0.328 e. The van der Waals surface area contributed by atoms with Gasteiger partial charge in [0.1, 0.15) is 6.10 Å². The summed E-state index contributed by atoms with van der Waals surface area (Å²) in [6, 6.07) is 6.95. The number of fused-ring (bicyclic) bond motifs is 1. The molecular weight excluding hydrogens is 214 g/mol. The number of hydrogen-bond acceptors (Lipinski definition) is 4. The van der Waals surface area contributed by atoms with Crippen molar-refractivity contribution in [2.75, 3.05) is 0 Å². The number of hydrogen-bond donors (Lipinski definition) is 3. The highest BCUT2D eigenvalue weighted by molar-refractivity contribution is 8.02. The third-order valence-corrected chi connectivity index (χ3v) is 3.89. The highest BCUT2D eigenvalue weighted by Crippen LogP contribution is 2.50. The first-order valence-electron chi connectivity index (χ1n) is 4.33. The molecule has 2 rings (SSSR count). The minimum absolute atomic E-state index is 0.577. The van der Waals surface area contributed by atoms with Crippen molar-refractivity contribution >= 4 is 23.9 Å². The lowest BCUT2D eigenvalue weighted by molar-refractivity contribution is -0.140. The third kappa shape index (κ3) is 1.27. The van der Waals surface area contributed by atoms with Crippen LogP contribution in [0.15, 0.2) is 29.2 Å². The Morgan fingerprint density at radius 2 is 2.20 bits per heavy atom. The Bertz CT molecular complexity index is 434. The number of thioether (sulfide) groups is 1. The van der Waals surface area contributed by atoms with Gasteiger partial charge in [0.05, 0.1) is 0 Å². The van der Waals surface area contributed by atoms with Crippen LogP contribution in [0.3, 0.4) is 0 Å². The van der Waals surface area contributed by atoms with Crippen LogP contribution in [0.1, 0.15) is 11.7 Å². The Hall–Kier alpha value is -1.33. The molecule has 0 saturated heterocycles. The van der Waals surface area contributed by atoms with Gasteiger partial charge in [-0.15, -0.1) is 0 Å². The van der Waals surface area contributed by atoms with E-state index in [0.717, 1.165) is 22.9 Å². The van der Waals surface area contributed by atoms with Crippen molar-refractivity contribution in [2.45, 2.75) is 15.7 Å². The molecule has 0 radical (unpaired) electrons. The topological polar surface area (TPSA) is 81.4 Å². The summed E-state index contributed by atoms with van der Waals surface area (Å²) in [5.74, 6) is -1.19. The first-order valence-corrected chi connectivity index (χ1v) is 5.14. The Morgan fingerprint density at radius 1 is 1.53 bits per heavy atom. The molecule has 2 unspecified atom stereocenters. The van der Waals surface area contributed by atoms with Crippen molar-refractivity contribution in [3.8, 4) is 0 Å². The monoisotopic (exact) mass is 223 g/mol. The molecule has 1 heterocycles. The molecule has 0 saturated carbocycles. The van der Waals surface area contributed by atoms with Crippen LogP contribution in [0, 0.1) is 5.41 Å². The van der Waals surface area contributed by atoms with Gasteiger partial charge < -0.3 is 15.6 Å². The van der Waals surface area contributed by atoms with Gasteiger partial charge in [-0.25, -0.2) is 0 Å². The largest absolute Gasteiger partial charge is 0.480 e. The molecule has 0 bridgehead atoms. The van der Waals surface area contributed by atoms with Crippen molar-refractivity contribution in [2.24, 2.45) is 0 Å². The molecule has 4 nitrogen and oxygen atoms in total. The second-order valence-corrected chi connectivity index (χ2v) is 4.60. The van der Waals surface area contributed by atoms with E-state index in [1.165, 1.54) is 0 Å². The molecule has 3 N–H and O–H groups in total. The van der Waals surface area contributed by atoms with Gasteiger partial charge in [-0.1, -0.05) is 30.0 Å². The quantitative estimate of drug-likeness (QED) is 0.660. The van der Waals surface area contributed by atoms with E-state index in [9.17, 15) is 9.90 Å². The number of benzene rings is 1. The summed E-state index contributed by atoms with van der Waals surface area (Å²) >= 11 is 1.01. The number of aliphatic hydroxyl groups is 1. The first kappa shape index (κ1) is 10.2. The SMILES string of the molecule is N=CC1(C(=O)O)Sc2ccccc2C1O. The van der Waals surface area contributed by atoms with Gasteiger partial charge in [0, 0.05) is 11.1 Å². The zero-order chi connectivity index (χ0) is 11.1. The summed E-state index contributed by atoms with van der Waals surface area (Å²) in [5, 5.41) is 26.2. The lowest BCUT2D eigenvalue weighted by Crippen LogP contribution is -2.39. The molecule has 1 aromatic carbocycles. The van der Waals surface area contributed by atoms with Crippen molar-refractivity contribution in [1.82, 2.24) is 0 Å². The molecule has 0 amide bonds. The fraction of sp³-hybridized carbons (Fsp3) is 0.200. The number of carboxylic acids is 1. The molecule has 0 aliphatic carbocycles. The maximum absolute atomic E-state index is 11.1. The van der Waals surface area contributed by atoms with Gasteiger partial charge in [-0.3, -0.25) is 4.79 Å². The fourth-order valence-electron chi connectivity index (χ4n) is 1.60. The molecule has 78 valence electrons. The molecule has 0 fully saturated rings. The average molecular weight is 223 g/mol. The lowest BCUT2D eigenvalue weighted by Gasteiger charge is -2.21. The van der Waals surface area contributed by atoms with Crippen LogP contribution >= 0.6 is 11.8 Å². The van der Waals surface area contributed by atoms with E-state index in [0.29, 0.717) is 5.56 Å². The molecule has 0 aromatic heterocycles. The van der Waals surface area contributed by atoms with Crippen molar-refractivity contribution in [1.29, 1.82) is 5.41 Å². The normalized spacial score (nSPS) is 28.5. The summed E-state index contributed by atoms with van der Waals surface area (Å²) in [4.78, 5) is 11.8. The lowest BCUT2D eigenvalue weighted by atomic mass is 9.96. The summed E-state index contributed by atoms with van der Waals surface area (Å²) in [6.45, 7) is 0. The van der Waals surface area contributed by atoms with Crippen LogP contribution in [-0.4, -0.2) is 27.1 Å². The number of rotatable bonds is 2. The van der Waals surface area contributed by atoms with Crippen LogP contribution in [0.25, 0.3) is 0 Å². The summed E-state index contributed by atoms with van der Waals surface area (Å²) in [6.07, 6.45) is -0.362. The zero-order valence-electron chi connectivity index (χ0n) is 7.68. The number of carbonyl (C=O) groups is 1.